The van der Waals surface area contributed by atoms with Gasteiger partial charge < -0.3 is 0 Å². The summed E-state index contributed by atoms with van der Waals surface area (Å²) in [4.78, 5) is 0. The minimum Gasteiger partial charge on any atom is -0.241 e. The molecule has 0 fully saturated rings. The van der Waals surface area contributed by atoms with E-state index in [2.05, 4.69) is 6.92 Å². The Labute approximate surface area is 222 Å². The predicted octanol–water partition coefficient (Wildman–Crippen LogP) is 12.5. The molecule has 38 heavy (non-hydrogen) atoms. The molecule has 1 atom stereocenters. The zero-order chi connectivity index (χ0) is 29.1. The molecule has 0 aromatic carbocycles. The molecular weight excluding hydrogens is 526 g/mol. The molecule has 0 radical (unpaired) electrons. The number of allylic oxidation sites excluding steroid dienone is 1. The van der Waals surface area contributed by atoms with Crippen molar-refractivity contribution in [2.75, 3.05) is 0 Å². The fourth-order valence-corrected chi connectivity index (χ4v) is 4.34. The van der Waals surface area contributed by atoms with Gasteiger partial charge in [-0.25, -0.2) is 17.6 Å². The third kappa shape index (κ3) is 16.9. The van der Waals surface area contributed by atoms with Crippen molar-refractivity contribution in [3.8, 4) is 0 Å². The second kappa shape index (κ2) is 20.0. The van der Waals surface area contributed by atoms with Crippen molar-refractivity contribution in [2.24, 2.45) is 0 Å². The van der Waals surface area contributed by atoms with Gasteiger partial charge in [-0.3, -0.25) is 0 Å². The molecule has 1 unspecified atom stereocenters. The summed E-state index contributed by atoms with van der Waals surface area (Å²) >= 11 is 0. The Morgan fingerprint density at radius 1 is 0.526 bits per heavy atom. The van der Waals surface area contributed by atoms with Crippen LogP contribution in [-0.4, -0.2) is 23.9 Å². The molecule has 0 heterocycles. The third-order valence-corrected chi connectivity index (χ3v) is 6.87. The van der Waals surface area contributed by atoms with Crippen molar-refractivity contribution in [3.63, 3.8) is 0 Å². The molecule has 0 aliphatic carbocycles. The van der Waals surface area contributed by atoms with Crippen LogP contribution in [0.5, 0.6) is 0 Å². The topological polar surface area (TPSA) is 0 Å². The van der Waals surface area contributed by atoms with E-state index in [0.29, 0.717) is 6.42 Å². The smallest absolute Gasteiger partial charge is 0.241 e. The van der Waals surface area contributed by atoms with Crippen molar-refractivity contribution in [1.29, 1.82) is 0 Å². The van der Waals surface area contributed by atoms with Gasteiger partial charge in [-0.1, -0.05) is 116 Å². The quantitative estimate of drug-likeness (QED) is 0.0754. The molecule has 10 heteroatoms. The average Bonchev–Trinajstić information content (AvgIpc) is 2.82. The van der Waals surface area contributed by atoms with Crippen LogP contribution in [0.15, 0.2) is 11.9 Å². The second-order valence-corrected chi connectivity index (χ2v) is 10.4. The van der Waals surface area contributed by atoms with Crippen LogP contribution in [0.4, 0.5) is 43.9 Å². The maximum atomic E-state index is 13.9. The lowest BCUT2D eigenvalue weighted by molar-refractivity contribution is -0.233. The van der Waals surface area contributed by atoms with E-state index >= 15 is 0 Å². The van der Waals surface area contributed by atoms with Crippen LogP contribution in [-0.2, 0) is 0 Å². The van der Waals surface area contributed by atoms with Gasteiger partial charge in [0.1, 0.15) is 0 Å². The summed E-state index contributed by atoms with van der Waals surface area (Å²) in [5.74, 6) is -17.5. The number of unbranched alkanes of at least 4 members (excludes halogenated alkanes) is 17. The number of alkyl halides is 7. The van der Waals surface area contributed by atoms with E-state index in [9.17, 15) is 43.9 Å². The Hall–Kier alpha value is -0.960. The summed E-state index contributed by atoms with van der Waals surface area (Å²) in [6.45, 7) is 2.21. The van der Waals surface area contributed by atoms with Crippen LogP contribution in [0.2, 0.25) is 0 Å². The number of hydrogen-bond donors (Lipinski definition) is 0. The minimum atomic E-state index is -5.13. The number of halogens is 10. The molecule has 0 aromatic rings. The van der Waals surface area contributed by atoms with E-state index in [-0.39, 0.29) is 12.8 Å². The van der Waals surface area contributed by atoms with Crippen LogP contribution in [0.25, 0.3) is 0 Å². The molecule has 0 saturated heterocycles. The Kier molecular flexibility index (Phi) is 19.5. The molecule has 0 N–H and O–H groups in total. The van der Waals surface area contributed by atoms with Crippen molar-refractivity contribution >= 4 is 0 Å². The summed E-state index contributed by atoms with van der Waals surface area (Å²) in [5.41, 5.74) is 0. The van der Waals surface area contributed by atoms with Gasteiger partial charge in [-0.05, 0) is 6.42 Å². The van der Waals surface area contributed by atoms with Gasteiger partial charge >= 0.3 is 17.9 Å². The molecule has 0 bridgehead atoms. The molecule has 0 saturated carbocycles. The summed E-state index contributed by atoms with van der Waals surface area (Å²) < 4.78 is 132. The minimum absolute atomic E-state index is 0.241. The fourth-order valence-electron chi connectivity index (χ4n) is 4.34. The lowest BCUT2D eigenvalue weighted by Gasteiger charge is -2.30. The standard InChI is InChI=1S/C28H46F10/c1-2-3-4-5-6-7-8-9-10-11-12-13-14-15-16-17-18-19-20-27(35,36)28(37,38)22-24(30)26(33,34)21-23(29)25(31)32/h24H,2-22H2,1H3. The highest BCUT2D eigenvalue weighted by molar-refractivity contribution is 5.00. The summed E-state index contributed by atoms with van der Waals surface area (Å²) in [6.07, 6.45) is 4.87. The molecule has 0 rings (SSSR count). The van der Waals surface area contributed by atoms with E-state index in [4.69, 9.17) is 0 Å². The molecule has 228 valence electrons. The van der Waals surface area contributed by atoms with Gasteiger partial charge in [0.2, 0.25) is 0 Å². The Morgan fingerprint density at radius 2 is 0.868 bits per heavy atom. The summed E-state index contributed by atoms with van der Waals surface area (Å²) in [5, 5.41) is 0. The molecule has 0 aromatic heterocycles. The highest BCUT2D eigenvalue weighted by Gasteiger charge is 2.59. The monoisotopic (exact) mass is 572 g/mol. The Morgan fingerprint density at radius 3 is 1.21 bits per heavy atom. The van der Waals surface area contributed by atoms with Crippen LogP contribution < -0.4 is 0 Å². The van der Waals surface area contributed by atoms with Crippen molar-refractivity contribution < 1.29 is 43.9 Å². The molecule has 0 spiro atoms. The third-order valence-electron chi connectivity index (χ3n) is 6.87. The highest BCUT2D eigenvalue weighted by atomic mass is 19.3. The van der Waals surface area contributed by atoms with E-state index in [0.717, 1.165) is 32.1 Å². The van der Waals surface area contributed by atoms with Crippen LogP contribution in [0.3, 0.4) is 0 Å². The first-order valence-corrected chi connectivity index (χ1v) is 14.2. The lowest BCUT2D eigenvalue weighted by atomic mass is 9.95. The Bertz CT molecular complexity index is 615. The van der Waals surface area contributed by atoms with Gasteiger partial charge in [0, 0.05) is 6.42 Å². The first kappa shape index (κ1) is 37.0. The van der Waals surface area contributed by atoms with Gasteiger partial charge in [0.05, 0.1) is 12.8 Å². The molecule has 0 aliphatic heterocycles. The fraction of sp³-hybridized carbons (Fsp3) is 0.929. The zero-order valence-corrected chi connectivity index (χ0v) is 22.7. The molecule has 0 amide bonds. The van der Waals surface area contributed by atoms with Crippen LogP contribution in [0, 0.1) is 0 Å². The van der Waals surface area contributed by atoms with Crippen LogP contribution in [0.1, 0.15) is 142 Å². The zero-order valence-electron chi connectivity index (χ0n) is 22.7. The highest BCUT2D eigenvalue weighted by Crippen LogP contribution is 2.45. The summed E-state index contributed by atoms with van der Waals surface area (Å²) in [7, 11) is 0. The van der Waals surface area contributed by atoms with Crippen molar-refractivity contribution in [3.05, 3.63) is 11.9 Å². The first-order valence-electron chi connectivity index (χ1n) is 14.2. The van der Waals surface area contributed by atoms with Gasteiger partial charge in [-0.2, -0.15) is 26.3 Å². The molecule has 0 aliphatic rings. The maximum absolute atomic E-state index is 13.9. The summed E-state index contributed by atoms with van der Waals surface area (Å²) in [6, 6.07) is 0. The van der Waals surface area contributed by atoms with Crippen molar-refractivity contribution in [1.82, 2.24) is 0 Å². The van der Waals surface area contributed by atoms with Gasteiger partial charge in [0.25, 0.3) is 5.92 Å². The maximum Gasteiger partial charge on any atom is 0.313 e. The normalized spacial score (nSPS) is 13.7. The van der Waals surface area contributed by atoms with E-state index in [1.165, 1.54) is 64.2 Å². The SMILES string of the molecule is CCCCCCCCCCCCCCCCCCCCC(F)(F)C(F)(F)CC(F)C(F)(F)CC(F)=C(F)F. The van der Waals surface area contributed by atoms with E-state index in [1.807, 2.05) is 0 Å². The van der Waals surface area contributed by atoms with Gasteiger partial charge in [-0.15, -0.1) is 0 Å². The first-order chi connectivity index (χ1) is 17.8. The predicted molar refractivity (Wildman–Crippen MR) is 133 cm³/mol. The average molecular weight is 573 g/mol. The van der Waals surface area contributed by atoms with E-state index < -0.39 is 55.1 Å². The van der Waals surface area contributed by atoms with Crippen molar-refractivity contribution in [2.45, 2.75) is 166 Å². The van der Waals surface area contributed by atoms with Gasteiger partial charge in [0.15, 0.2) is 12.0 Å². The Balaban J connectivity index is 3.92. The lowest BCUT2D eigenvalue weighted by Crippen LogP contribution is -2.45. The second-order valence-electron chi connectivity index (χ2n) is 10.4. The number of hydrogen-bond acceptors (Lipinski definition) is 0. The largest absolute Gasteiger partial charge is 0.313 e. The van der Waals surface area contributed by atoms with Crippen LogP contribution >= 0.6 is 0 Å². The number of rotatable bonds is 25. The van der Waals surface area contributed by atoms with E-state index in [1.54, 1.807) is 0 Å². The molecule has 0 nitrogen and oxygen atoms in total. The molecular formula is C28H46F10.